The Morgan fingerprint density at radius 1 is 0.567 bits per heavy atom. The summed E-state index contributed by atoms with van der Waals surface area (Å²) in [7, 11) is 0. The van der Waals surface area contributed by atoms with Crippen LogP contribution in [0.2, 0.25) is 0 Å². The Labute approximate surface area is 360 Å². The van der Waals surface area contributed by atoms with Crippen LogP contribution in [0, 0.1) is 0 Å². The molecular weight excluding hydrogens is 737 g/mol. The molecule has 0 bridgehead atoms. The van der Waals surface area contributed by atoms with Crippen LogP contribution in [0.3, 0.4) is 0 Å². The van der Waals surface area contributed by atoms with E-state index in [0.717, 1.165) is 44.1 Å². The van der Waals surface area contributed by atoms with Crippen LogP contribution in [0.4, 0.5) is 22.7 Å². The molecule has 0 radical (unpaired) electrons. The van der Waals surface area contributed by atoms with Gasteiger partial charge in [-0.15, -0.1) is 0 Å². The molecule has 284 valence electrons. The van der Waals surface area contributed by atoms with Crippen LogP contribution in [0.25, 0.3) is 71.8 Å². The molecule has 3 aromatic heterocycles. The van der Waals surface area contributed by atoms with Crippen molar-refractivity contribution in [2.45, 2.75) is 0 Å². The molecule has 1 aliphatic heterocycles. The molecule has 0 amide bonds. The van der Waals surface area contributed by atoms with E-state index < -0.39 is 60.4 Å². The number of fused-ring (bicyclic) bond motifs is 8. The zero-order valence-electron chi connectivity index (χ0n) is 41.7. The minimum absolute atomic E-state index is 0.0914. The molecular formula is C54H36N4O2. The summed E-state index contributed by atoms with van der Waals surface area (Å²) in [6.07, 6.45) is 1.77. The van der Waals surface area contributed by atoms with Crippen molar-refractivity contribution in [2.75, 3.05) is 16.5 Å². The van der Waals surface area contributed by atoms with Crippen molar-refractivity contribution in [2.24, 2.45) is 0 Å². The Hall–Kier alpha value is -8.09. The molecule has 0 aliphatic carbocycles. The molecule has 0 saturated heterocycles. The first kappa shape index (κ1) is 25.3. The molecule has 0 atom stereocenters. The molecule has 1 aliphatic rings. The maximum atomic E-state index is 9.06. The average molecular weight is 783 g/mol. The van der Waals surface area contributed by atoms with Gasteiger partial charge < -0.3 is 19.0 Å². The molecule has 12 rings (SSSR count). The number of para-hydroxylation sites is 5. The molecule has 0 fully saturated rings. The Balaban J connectivity index is 1.03. The molecule has 11 aromatic rings. The van der Waals surface area contributed by atoms with E-state index in [-0.39, 0.29) is 34.6 Å². The summed E-state index contributed by atoms with van der Waals surface area (Å²) in [4.78, 5) is 8.67. The minimum Gasteiger partial charge on any atom is -0.453 e. The first-order chi connectivity index (χ1) is 33.9. The lowest BCUT2D eigenvalue weighted by Gasteiger charge is -2.27. The first-order valence-corrected chi connectivity index (χ1v) is 19.4. The lowest BCUT2D eigenvalue weighted by Crippen LogP contribution is -2.24. The van der Waals surface area contributed by atoms with Crippen molar-refractivity contribution in [1.82, 2.24) is 9.55 Å². The van der Waals surface area contributed by atoms with E-state index >= 15 is 0 Å². The Morgan fingerprint density at radius 3 is 1.98 bits per heavy atom. The molecule has 6 heteroatoms. The Morgan fingerprint density at radius 2 is 1.23 bits per heavy atom. The smallest absolute Gasteiger partial charge is 0.178 e. The van der Waals surface area contributed by atoms with Gasteiger partial charge in [0.25, 0.3) is 0 Å². The van der Waals surface area contributed by atoms with Crippen LogP contribution in [-0.2, 0) is 0 Å². The number of anilines is 4. The van der Waals surface area contributed by atoms with Crippen molar-refractivity contribution < 1.29 is 22.9 Å². The number of rotatable bonds is 7. The fraction of sp³-hybridized carbons (Fsp3) is 0.0185. The fourth-order valence-corrected chi connectivity index (χ4v) is 8.60. The Bertz CT molecular complexity index is 3860. The normalized spacial score (nSPS) is 14.9. The van der Waals surface area contributed by atoms with Crippen molar-refractivity contribution in [3.8, 4) is 39.6 Å². The second kappa shape index (κ2) is 13.8. The summed E-state index contributed by atoms with van der Waals surface area (Å²) in [5, 5.41) is 3.88. The second-order valence-corrected chi connectivity index (χ2v) is 14.4. The SMILES string of the molecule is [2H]c1c([2H])c([2H])c(-c2cccc(-c3c([2H])c([2H])c([2H])c([2H])c3[2H])c2N2CN(c3cccc(Oc4cc5c(c6ccccc6n5-c5ccccn5)c5c4oc4ccccc45)c3)c3ccccc32)c([2H])c1[2H]. The lowest BCUT2D eigenvalue weighted by atomic mass is 9.95. The number of pyridine rings is 1. The molecule has 60 heavy (non-hydrogen) atoms. The van der Waals surface area contributed by atoms with Crippen LogP contribution < -0.4 is 14.5 Å². The van der Waals surface area contributed by atoms with Gasteiger partial charge in [0.2, 0.25) is 0 Å². The van der Waals surface area contributed by atoms with Gasteiger partial charge in [-0.05, 0) is 59.7 Å². The standard InChI is InChI=1S/C54H36N4O2/c1-3-17-36(18-4-1)40-25-16-26-41(37-19-5-2-6-20-37)53(40)57-35-56(45-28-10-11-29-46(45)57)38-21-15-22-39(33-38)59-49-34-47-51(52-43-24-8-12-30-48(43)60-54(49)52)42-23-7-9-27-44(42)58(47)50-31-13-14-32-55-50/h1-34H,35H2/i1D,2D,3D,4D,5D,6D,17D,18D,19D,20D. The van der Waals surface area contributed by atoms with Crippen molar-refractivity contribution in [3.05, 3.63) is 206 Å². The predicted molar refractivity (Wildman–Crippen MR) is 245 cm³/mol. The maximum absolute atomic E-state index is 9.06. The quantitative estimate of drug-likeness (QED) is 0.161. The second-order valence-electron chi connectivity index (χ2n) is 14.4. The highest BCUT2D eigenvalue weighted by Gasteiger charge is 2.31. The number of hydrogen-bond donors (Lipinski definition) is 0. The zero-order chi connectivity index (χ0) is 48.3. The first-order valence-electron chi connectivity index (χ1n) is 24.4. The van der Waals surface area contributed by atoms with E-state index in [1.165, 1.54) is 0 Å². The zero-order valence-corrected chi connectivity index (χ0v) is 31.7. The molecule has 0 N–H and O–H groups in total. The van der Waals surface area contributed by atoms with Gasteiger partial charge in [0, 0.05) is 56.7 Å². The van der Waals surface area contributed by atoms with Crippen molar-refractivity contribution >= 4 is 66.5 Å². The van der Waals surface area contributed by atoms with Gasteiger partial charge in [0.15, 0.2) is 11.3 Å². The third-order valence-corrected chi connectivity index (χ3v) is 11.1. The van der Waals surface area contributed by atoms with Crippen molar-refractivity contribution in [1.29, 1.82) is 0 Å². The van der Waals surface area contributed by atoms with Gasteiger partial charge in [0.05, 0.1) is 41.8 Å². The van der Waals surface area contributed by atoms with E-state index in [0.29, 0.717) is 34.0 Å². The lowest BCUT2D eigenvalue weighted by molar-refractivity contribution is 0.477. The number of aromatic nitrogens is 2. The van der Waals surface area contributed by atoms with E-state index in [9.17, 15) is 0 Å². The number of nitrogens with zero attached hydrogens (tertiary/aromatic N) is 4. The summed E-state index contributed by atoms with van der Waals surface area (Å²) in [5.74, 6) is 1.72. The summed E-state index contributed by atoms with van der Waals surface area (Å²) in [6.45, 7) is 0.0914. The van der Waals surface area contributed by atoms with E-state index in [1.54, 1.807) is 24.4 Å². The third-order valence-electron chi connectivity index (χ3n) is 11.1. The third kappa shape index (κ3) is 5.38. The predicted octanol–water partition coefficient (Wildman–Crippen LogP) is 14.5. The number of ether oxygens (including phenoxy) is 1. The van der Waals surface area contributed by atoms with Gasteiger partial charge in [-0.2, -0.15) is 0 Å². The molecule has 4 heterocycles. The van der Waals surface area contributed by atoms with Gasteiger partial charge in [-0.1, -0.05) is 139 Å². The van der Waals surface area contributed by atoms with E-state index in [2.05, 4.69) is 16.7 Å². The topological polar surface area (TPSA) is 46.7 Å². The van der Waals surface area contributed by atoms with E-state index in [4.69, 9.17) is 27.8 Å². The highest BCUT2D eigenvalue weighted by molar-refractivity contribution is 6.28. The van der Waals surface area contributed by atoms with Crippen LogP contribution in [0.1, 0.15) is 13.7 Å². The van der Waals surface area contributed by atoms with Gasteiger partial charge >= 0.3 is 0 Å². The van der Waals surface area contributed by atoms with Crippen LogP contribution in [-0.4, -0.2) is 16.2 Å². The van der Waals surface area contributed by atoms with Gasteiger partial charge in [-0.3, -0.25) is 4.57 Å². The fourth-order valence-electron chi connectivity index (χ4n) is 8.60. The monoisotopic (exact) mass is 782 g/mol. The van der Waals surface area contributed by atoms with Gasteiger partial charge in [-0.25, -0.2) is 4.98 Å². The van der Waals surface area contributed by atoms with Crippen LogP contribution in [0.15, 0.2) is 211 Å². The number of hydrogen-bond acceptors (Lipinski definition) is 5. The Kier molecular flexibility index (Phi) is 5.82. The highest BCUT2D eigenvalue weighted by Crippen LogP contribution is 2.51. The number of benzene rings is 8. The average Bonchev–Trinajstić information content (AvgIpc) is 4.07. The molecule has 0 unspecified atom stereocenters. The van der Waals surface area contributed by atoms with Crippen molar-refractivity contribution in [3.63, 3.8) is 0 Å². The van der Waals surface area contributed by atoms with Gasteiger partial charge in [0.1, 0.15) is 23.8 Å². The molecule has 8 aromatic carbocycles. The highest BCUT2D eigenvalue weighted by atomic mass is 16.5. The maximum Gasteiger partial charge on any atom is 0.178 e. The molecule has 0 spiro atoms. The van der Waals surface area contributed by atoms with E-state index in [1.807, 2.05) is 119 Å². The summed E-state index contributed by atoms with van der Waals surface area (Å²) < 4.78 is 103. The summed E-state index contributed by atoms with van der Waals surface area (Å²) >= 11 is 0. The molecule has 0 saturated carbocycles. The number of furan rings is 1. The van der Waals surface area contributed by atoms with Crippen LogP contribution >= 0.6 is 0 Å². The summed E-state index contributed by atoms with van der Waals surface area (Å²) in [5.41, 5.74) is 5.74. The molecule has 6 nitrogen and oxygen atoms in total. The van der Waals surface area contributed by atoms with Crippen LogP contribution in [0.5, 0.6) is 11.5 Å². The minimum atomic E-state index is -0.557. The summed E-state index contributed by atoms with van der Waals surface area (Å²) in [6, 6.07) is 38.9. The largest absolute Gasteiger partial charge is 0.453 e.